The van der Waals surface area contributed by atoms with Gasteiger partial charge >= 0.3 is 0 Å². The molecule has 9 rings (SSSR count). The molecule has 0 heterocycles. The number of rotatable bonds is 7. The van der Waals surface area contributed by atoms with Gasteiger partial charge in [0.25, 0.3) is 0 Å². The Morgan fingerprint density at radius 1 is 0.275 bits per heavy atom. The Labute approximate surface area is 299 Å². The van der Waals surface area contributed by atoms with Gasteiger partial charge in [-0.1, -0.05) is 182 Å². The summed E-state index contributed by atoms with van der Waals surface area (Å²) in [6.07, 6.45) is 0. The summed E-state index contributed by atoms with van der Waals surface area (Å²) in [6.45, 7) is 0. The van der Waals surface area contributed by atoms with E-state index in [4.69, 9.17) is 0 Å². The molecule has 240 valence electrons. The van der Waals surface area contributed by atoms with Gasteiger partial charge in [-0.15, -0.1) is 0 Å². The first-order valence-corrected chi connectivity index (χ1v) is 17.5. The Morgan fingerprint density at radius 2 is 0.745 bits per heavy atom. The fraction of sp³-hybridized carbons (Fsp3) is 0. The van der Waals surface area contributed by atoms with Gasteiger partial charge in [-0.2, -0.15) is 0 Å². The predicted octanol–water partition coefficient (Wildman–Crippen LogP) is 14.1. The lowest BCUT2D eigenvalue weighted by molar-refractivity contribution is 1.30. The van der Waals surface area contributed by atoms with E-state index in [-0.39, 0.29) is 0 Å². The quantitative estimate of drug-likeness (QED) is 0.155. The molecular weight excluding hydrogens is 615 g/mol. The molecule has 0 aliphatic carbocycles. The van der Waals surface area contributed by atoms with Gasteiger partial charge in [0.1, 0.15) is 0 Å². The van der Waals surface area contributed by atoms with Crippen LogP contribution in [0, 0.1) is 0 Å². The molecule has 0 bridgehead atoms. The fourth-order valence-corrected chi connectivity index (χ4v) is 7.61. The second-order valence-corrected chi connectivity index (χ2v) is 12.9. The van der Waals surface area contributed by atoms with Crippen LogP contribution in [0.1, 0.15) is 0 Å². The number of anilines is 3. The average Bonchev–Trinajstić information content (AvgIpc) is 3.22. The summed E-state index contributed by atoms with van der Waals surface area (Å²) in [4.78, 5) is 2.44. The van der Waals surface area contributed by atoms with Crippen molar-refractivity contribution in [1.29, 1.82) is 0 Å². The summed E-state index contributed by atoms with van der Waals surface area (Å²) in [6, 6.07) is 76.6. The van der Waals surface area contributed by atoms with Crippen molar-refractivity contribution < 1.29 is 0 Å². The molecule has 9 aromatic carbocycles. The van der Waals surface area contributed by atoms with Crippen molar-refractivity contribution in [2.45, 2.75) is 0 Å². The third-order valence-electron chi connectivity index (χ3n) is 9.84. The van der Waals surface area contributed by atoms with E-state index in [1.165, 1.54) is 66.1 Å². The Hall–Kier alpha value is -6.70. The lowest BCUT2D eigenvalue weighted by atomic mass is 9.84. The second kappa shape index (κ2) is 13.3. The van der Waals surface area contributed by atoms with Crippen molar-refractivity contribution >= 4 is 38.6 Å². The normalized spacial score (nSPS) is 11.1. The van der Waals surface area contributed by atoms with Gasteiger partial charge in [-0.25, -0.2) is 0 Å². The molecule has 0 aromatic heterocycles. The van der Waals surface area contributed by atoms with Gasteiger partial charge < -0.3 is 4.90 Å². The molecule has 0 saturated carbocycles. The van der Waals surface area contributed by atoms with Crippen LogP contribution in [0.15, 0.2) is 212 Å². The van der Waals surface area contributed by atoms with Crippen molar-refractivity contribution in [2.75, 3.05) is 4.90 Å². The largest absolute Gasteiger partial charge is 0.310 e. The topological polar surface area (TPSA) is 3.24 Å². The predicted molar refractivity (Wildman–Crippen MR) is 218 cm³/mol. The third-order valence-corrected chi connectivity index (χ3v) is 9.84. The average molecular weight is 650 g/mol. The number of hydrogen-bond acceptors (Lipinski definition) is 1. The smallest absolute Gasteiger partial charge is 0.0546 e. The van der Waals surface area contributed by atoms with E-state index in [1.807, 2.05) is 0 Å². The zero-order valence-corrected chi connectivity index (χ0v) is 28.2. The maximum atomic E-state index is 2.44. The second-order valence-electron chi connectivity index (χ2n) is 12.9. The van der Waals surface area contributed by atoms with E-state index in [9.17, 15) is 0 Å². The van der Waals surface area contributed by atoms with E-state index >= 15 is 0 Å². The van der Waals surface area contributed by atoms with E-state index in [0.717, 1.165) is 17.1 Å². The summed E-state index contributed by atoms with van der Waals surface area (Å²) in [5.74, 6) is 0. The Morgan fingerprint density at radius 3 is 1.35 bits per heavy atom. The molecule has 0 saturated heterocycles. The molecule has 1 heteroatoms. The summed E-state index contributed by atoms with van der Waals surface area (Å²) < 4.78 is 0. The zero-order valence-electron chi connectivity index (χ0n) is 28.2. The molecule has 0 atom stereocenters. The first-order chi connectivity index (χ1) is 25.3. The molecule has 9 aromatic rings. The van der Waals surface area contributed by atoms with Crippen LogP contribution in [0.25, 0.3) is 66.1 Å². The molecule has 0 fully saturated rings. The van der Waals surface area contributed by atoms with Crippen LogP contribution < -0.4 is 4.90 Å². The van der Waals surface area contributed by atoms with Gasteiger partial charge in [0.15, 0.2) is 0 Å². The Balaban J connectivity index is 1.41. The van der Waals surface area contributed by atoms with E-state index in [2.05, 4.69) is 217 Å². The molecule has 0 radical (unpaired) electrons. The molecule has 0 N–H and O–H groups in total. The number of benzene rings is 9. The van der Waals surface area contributed by atoms with Gasteiger partial charge in [-0.3, -0.25) is 0 Å². The summed E-state index contributed by atoms with van der Waals surface area (Å²) in [7, 11) is 0. The van der Waals surface area contributed by atoms with Crippen LogP contribution in [0.2, 0.25) is 0 Å². The molecule has 0 amide bonds. The number of fused-ring (bicyclic) bond motifs is 3. The molecule has 0 aliphatic rings. The number of hydrogen-bond donors (Lipinski definition) is 0. The minimum Gasteiger partial charge on any atom is -0.310 e. The summed E-state index contributed by atoms with van der Waals surface area (Å²) >= 11 is 0. The van der Waals surface area contributed by atoms with Crippen molar-refractivity contribution in [3.63, 3.8) is 0 Å². The van der Waals surface area contributed by atoms with Crippen molar-refractivity contribution in [3.8, 4) is 44.5 Å². The number of para-hydroxylation sites is 1. The van der Waals surface area contributed by atoms with E-state index < -0.39 is 0 Å². The van der Waals surface area contributed by atoms with Crippen LogP contribution in [-0.2, 0) is 0 Å². The molecule has 1 nitrogen and oxygen atoms in total. The van der Waals surface area contributed by atoms with Gasteiger partial charge in [0, 0.05) is 22.3 Å². The lowest BCUT2D eigenvalue weighted by Gasteiger charge is -2.30. The molecule has 0 spiro atoms. The number of nitrogens with zero attached hydrogens (tertiary/aromatic N) is 1. The SMILES string of the molecule is c1ccc(-c2ccc(N(c3ccccc3)c3cccc4c3c(-c3ccccc3)c(-c3ccccc3)c3ccccc34)cc2-c2ccccc2)cc1. The first kappa shape index (κ1) is 30.4. The summed E-state index contributed by atoms with van der Waals surface area (Å²) in [5, 5.41) is 4.94. The highest BCUT2D eigenvalue weighted by Gasteiger charge is 2.24. The van der Waals surface area contributed by atoms with Crippen LogP contribution in [0.3, 0.4) is 0 Å². The zero-order chi connectivity index (χ0) is 34.0. The third kappa shape index (κ3) is 5.56. The van der Waals surface area contributed by atoms with Crippen molar-refractivity contribution in [3.05, 3.63) is 212 Å². The minimum atomic E-state index is 1.10. The van der Waals surface area contributed by atoms with Crippen LogP contribution in [-0.4, -0.2) is 0 Å². The van der Waals surface area contributed by atoms with Crippen LogP contribution in [0.5, 0.6) is 0 Å². The maximum absolute atomic E-state index is 2.44. The Bertz CT molecular complexity index is 2600. The fourth-order valence-electron chi connectivity index (χ4n) is 7.61. The van der Waals surface area contributed by atoms with Crippen LogP contribution >= 0.6 is 0 Å². The molecule has 51 heavy (non-hydrogen) atoms. The lowest BCUT2D eigenvalue weighted by Crippen LogP contribution is -2.11. The van der Waals surface area contributed by atoms with E-state index in [0.29, 0.717) is 0 Å². The monoisotopic (exact) mass is 649 g/mol. The highest BCUT2D eigenvalue weighted by atomic mass is 15.1. The molecule has 0 aliphatic heterocycles. The van der Waals surface area contributed by atoms with Crippen molar-refractivity contribution in [2.24, 2.45) is 0 Å². The van der Waals surface area contributed by atoms with Crippen molar-refractivity contribution in [1.82, 2.24) is 0 Å². The molecular formula is C50H35N. The molecule has 0 unspecified atom stereocenters. The van der Waals surface area contributed by atoms with Crippen LogP contribution in [0.4, 0.5) is 17.1 Å². The highest BCUT2D eigenvalue weighted by molar-refractivity contribution is 6.25. The maximum Gasteiger partial charge on any atom is 0.0546 e. The minimum absolute atomic E-state index is 1.10. The Kier molecular flexibility index (Phi) is 7.92. The summed E-state index contributed by atoms with van der Waals surface area (Å²) in [5.41, 5.74) is 13.0. The first-order valence-electron chi connectivity index (χ1n) is 17.5. The van der Waals surface area contributed by atoms with Gasteiger partial charge in [0.05, 0.1) is 5.69 Å². The highest BCUT2D eigenvalue weighted by Crippen LogP contribution is 2.50. The van der Waals surface area contributed by atoms with Gasteiger partial charge in [0.2, 0.25) is 0 Å². The standard InChI is InChI=1S/C50H35N/c1-6-19-36(20-7-1)42-34-33-41(35-46(42)37-21-8-2-9-22-37)51(40-27-14-5-15-28-40)47-32-18-31-45-43-29-16-17-30-44(43)48(38-23-10-3-11-24-38)49(50(45)47)39-25-12-4-13-26-39/h1-35H. The van der Waals surface area contributed by atoms with E-state index in [1.54, 1.807) is 0 Å². The van der Waals surface area contributed by atoms with Gasteiger partial charge in [-0.05, 0) is 85.4 Å².